The van der Waals surface area contributed by atoms with Gasteiger partial charge in [0, 0.05) is 19.3 Å². The molecule has 0 aliphatic heterocycles. The van der Waals surface area contributed by atoms with E-state index in [1.807, 2.05) is 6.08 Å². The van der Waals surface area contributed by atoms with Crippen molar-refractivity contribution in [1.82, 2.24) is 0 Å². The molecule has 78 heavy (non-hydrogen) atoms. The fourth-order valence-corrected chi connectivity index (χ4v) is 9.08. The number of carbonyl (C=O) groups is 3. The van der Waals surface area contributed by atoms with Gasteiger partial charge in [-0.25, -0.2) is 0 Å². The first kappa shape index (κ1) is 74.1. The average molecular weight is 1080 g/mol. The van der Waals surface area contributed by atoms with E-state index in [-0.39, 0.29) is 31.6 Å². The number of hydrogen-bond acceptors (Lipinski definition) is 6. The second kappa shape index (κ2) is 65.6. The second-order valence-corrected chi connectivity index (χ2v) is 21.6. The van der Waals surface area contributed by atoms with Gasteiger partial charge in [-0.05, 0) is 116 Å². The summed E-state index contributed by atoms with van der Waals surface area (Å²) in [4.78, 5) is 38.2. The van der Waals surface area contributed by atoms with E-state index in [0.29, 0.717) is 19.3 Å². The van der Waals surface area contributed by atoms with Gasteiger partial charge < -0.3 is 14.2 Å². The predicted octanol–water partition coefficient (Wildman–Crippen LogP) is 22.6. The van der Waals surface area contributed by atoms with Gasteiger partial charge in [-0.15, -0.1) is 0 Å². The topological polar surface area (TPSA) is 78.9 Å². The van der Waals surface area contributed by atoms with E-state index < -0.39 is 12.1 Å². The van der Waals surface area contributed by atoms with Crippen LogP contribution in [0.2, 0.25) is 0 Å². The zero-order valence-electron chi connectivity index (χ0n) is 51.2. The summed E-state index contributed by atoms with van der Waals surface area (Å²) in [7, 11) is 0. The van der Waals surface area contributed by atoms with E-state index >= 15 is 0 Å². The van der Waals surface area contributed by atoms with E-state index in [2.05, 4.69) is 124 Å². The first-order chi connectivity index (χ1) is 38.5. The summed E-state index contributed by atoms with van der Waals surface area (Å²) in [5, 5.41) is 0. The third-order valence-electron chi connectivity index (χ3n) is 14.0. The monoisotopic (exact) mass is 1080 g/mol. The van der Waals surface area contributed by atoms with Crippen molar-refractivity contribution in [2.75, 3.05) is 13.2 Å². The number of ether oxygens (including phenoxy) is 3. The summed E-state index contributed by atoms with van der Waals surface area (Å²) in [5.41, 5.74) is 0. The molecule has 0 aliphatic rings. The molecule has 1 unspecified atom stereocenters. The molecule has 0 heterocycles. The summed E-state index contributed by atoms with van der Waals surface area (Å²) < 4.78 is 16.8. The molecule has 0 aromatic heterocycles. The highest BCUT2D eigenvalue weighted by atomic mass is 16.6. The number of unbranched alkanes of at least 4 members (excludes halogenated alkanes) is 30. The Morgan fingerprint density at radius 2 is 0.526 bits per heavy atom. The minimum atomic E-state index is -0.823. The maximum absolute atomic E-state index is 12.9. The lowest BCUT2D eigenvalue weighted by Gasteiger charge is -2.18. The average Bonchev–Trinajstić information content (AvgIpc) is 3.44. The van der Waals surface area contributed by atoms with Gasteiger partial charge in [0.2, 0.25) is 0 Å². The fraction of sp³-hybridized carbons (Fsp3) is 0.708. The number of rotatable bonds is 59. The van der Waals surface area contributed by atoms with Crippen LogP contribution in [0.15, 0.2) is 109 Å². The largest absolute Gasteiger partial charge is 0.462 e. The van der Waals surface area contributed by atoms with E-state index in [1.165, 1.54) is 167 Å². The first-order valence-electron chi connectivity index (χ1n) is 32.9. The van der Waals surface area contributed by atoms with Crippen LogP contribution in [-0.2, 0) is 28.6 Å². The Morgan fingerprint density at radius 1 is 0.269 bits per heavy atom. The molecular weight excluding hydrogens is 961 g/mol. The Labute approximate surface area is 482 Å². The van der Waals surface area contributed by atoms with Crippen LogP contribution < -0.4 is 0 Å². The molecule has 0 bridgehead atoms. The lowest BCUT2D eigenvalue weighted by Crippen LogP contribution is -2.30. The van der Waals surface area contributed by atoms with E-state index in [9.17, 15) is 14.4 Å². The maximum atomic E-state index is 12.9. The molecule has 0 fully saturated rings. The smallest absolute Gasteiger partial charge is 0.306 e. The van der Waals surface area contributed by atoms with Gasteiger partial charge in [-0.2, -0.15) is 0 Å². The van der Waals surface area contributed by atoms with Crippen LogP contribution in [0.5, 0.6) is 0 Å². The van der Waals surface area contributed by atoms with Crippen molar-refractivity contribution in [3.8, 4) is 0 Å². The van der Waals surface area contributed by atoms with E-state index in [4.69, 9.17) is 14.2 Å². The highest BCUT2D eigenvalue weighted by Crippen LogP contribution is 2.16. The molecular formula is C72H122O6. The van der Waals surface area contributed by atoms with Crippen LogP contribution >= 0.6 is 0 Å². The number of carbonyl (C=O) groups excluding carboxylic acids is 3. The van der Waals surface area contributed by atoms with E-state index in [0.717, 1.165) is 96.3 Å². The molecule has 0 N–H and O–H groups in total. The van der Waals surface area contributed by atoms with Crippen LogP contribution in [0, 0.1) is 0 Å². The van der Waals surface area contributed by atoms with Crippen LogP contribution in [0.4, 0.5) is 0 Å². The molecule has 0 aromatic carbocycles. The molecule has 446 valence electrons. The Morgan fingerprint density at radius 3 is 0.872 bits per heavy atom. The molecule has 0 amide bonds. The Kier molecular flexibility index (Phi) is 62.3. The Hall–Kier alpha value is -3.93. The summed E-state index contributed by atoms with van der Waals surface area (Å²) in [6, 6.07) is 0. The highest BCUT2D eigenvalue weighted by Gasteiger charge is 2.19. The first-order valence-corrected chi connectivity index (χ1v) is 32.9. The summed E-state index contributed by atoms with van der Waals surface area (Å²) >= 11 is 0. The molecule has 6 heteroatoms. The van der Waals surface area contributed by atoms with Crippen molar-refractivity contribution in [1.29, 1.82) is 0 Å². The number of esters is 3. The minimum Gasteiger partial charge on any atom is -0.462 e. The van der Waals surface area contributed by atoms with Crippen molar-refractivity contribution in [2.24, 2.45) is 0 Å². The zero-order chi connectivity index (χ0) is 56.4. The maximum Gasteiger partial charge on any atom is 0.306 e. The molecule has 1 atom stereocenters. The van der Waals surface area contributed by atoms with Gasteiger partial charge in [0.1, 0.15) is 13.2 Å². The lowest BCUT2D eigenvalue weighted by atomic mass is 10.0. The van der Waals surface area contributed by atoms with Crippen molar-refractivity contribution < 1.29 is 28.6 Å². The summed E-state index contributed by atoms with van der Waals surface area (Å²) in [5.74, 6) is -0.998. The van der Waals surface area contributed by atoms with Crippen LogP contribution in [-0.4, -0.2) is 37.2 Å². The third kappa shape index (κ3) is 62.9. The van der Waals surface area contributed by atoms with Crippen LogP contribution in [0.25, 0.3) is 0 Å². The molecule has 6 nitrogen and oxygen atoms in total. The molecule has 0 saturated heterocycles. The highest BCUT2D eigenvalue weighted by molar-refractivity contribution is 5.71. The van der Waals surface area contributed by atoms with Crippen molar-refractivity contribution in [3.63, 3.8) is 0 Å². The standard InChI is InChI=1S/C72H122O6/c1-4-7-10-13-16-19-22-25-27-29-31-32-33-34-35-36-37-38-39-40-42-43-45-47-50-53-56-59-62-65-71(74)77-68-69(67-76-70(73)64-61-58-55-52-49-24-21-18-15-12-9-6-3)78-72(75)66-63-60-57-54-51-48-46-44-41-30-28-26-23-20-17-14-11-8-5-2/h8,11,17-18,20-22,25-26,28-29,31,41,44,48,51,57,60,69H,4-7,9-10,12-16,19,23-24,27,30,32-40,42-43,45-47,49-50,52-56,58-59,61-68H2,1-3H3/b11-8-,20-17-,21-18-,25-22-,28-26-,31-29-,44-41-,51-48-,60-57-. The van der Waals surface area contributed by atoms with Gasteiger partial charge in [0.25, 0.3) is 0 Å². The van der Waals surface area contributed by atoms with Gasteiger partial charge in [-0.3, -0.25) is 14.4 Å². The van der Waals surface area contributed by atoms with Crippen LogP contribution in [0.1, 0.15) is 310 Å². The van der Waals surface area contributed by atoms with Crippen LogP contribution in [0.3, 0.4) is 0 Å². The fourth-order valence-electron chi connectivity index (χ4n) is 9.08. The number of hydrogen-bond donors (Lipinski definition) is 0. The third-order valence-corrected chi connectivity index (χ3v) is 14.0. The minimum absolute atomic E-state index is 0.110. The lowest BCUT2D eigenvalue weighted by molar-refractivity contribution is -0.166. The summed E-state index contributed by atoms with van der Waals surface area (Å²) in [6.45, 7) is 6.44. The molecule has 0 radical (unpaired) electrons. The van der Waals surface area contributed by atoms with Crippen molar-refractivity contribution in [3.05, 3.63) is 109 Å². The van der Waals surface area contributed by atoms with Crippen molar-refractivity contribution in [2.45, 2.75) is 316 Å². The molecule has 0 aliphatic carbocycles. The zero-order valence-corrected chi connectivity index (χ0v) is 51.2. The van der Waals surface area contributed by atoms with Gasteiger partial charge in [-0.1, -0.05) is 284 Å². The number of allylic oxidation sites excluding steroid dienone is 18. The van der Waals surface area contributed by atoms with Crippen molar-refractivity contribution >= 4 is 17.9 Å². The summed E-state index contributed by atoms with van der Waals surface area (Å²) in [6.07, 6.45) is 89.8. The SMILES string of the molecule is CC/C=C\C/C=C\C/C=C\C/C=C\C/C=C\C/C=C\CCC(=O)OC(COC(=O)CCCCCCC/C=C\CCCCC)COC(=O)CCCCCCCCCCCCCCCCCCC/C=C\C/C=C\CCCCCCC. The Balaban J connectivity index is 4.30. The molecule has 0 aromatic rings. The molecule has 0 spiro atoms. The molecule has 0 saturated carbocycles. The van der Waals surface area contributed by atoms with Gasteiger partial charge in [0.15, 0.2) is 6.10 Å². The van der Waals surface area contributed by atoms with E-state index in [1.54, 1.807) is 0 Å². The molecule has 0 rings (SSSR count). The Bertz CT molecular complexity index is 1570. The van der Waals surface area contributed by atoms with Gasteiger partial charge >= 0.3 is 17.9 Å². The van der Waals surface area contributed by atoms with Gasteiger partial charge in [0.05, 0.1) is 0 Å². The predicted molar refractivity (Wildman–Crippen MR) is 339 cm³/mol. The quantitative estimate of drug-likeness (QED) is 0.0261. The second-order valence-electron chi connectivity index (χ2n) is 21.6. The normalized spacial score (nSPS) is 12.8.